The Kier molecular flexibility index (Phi) is 7.30. The number of carboxylic acids is 1. The van der Waals surface area contributed by atoms with E-state index in [1.807, 2.05) is 25.1 Å². The SMILES string of the molecule is CCCOc1ccc(CNCCCC(=O)O)cc1Cl. The van der Waals surface area contributed by atoms with Crippen molar-refractivity contribution < 1.29 is 14.6 Å². The molecule has 2 N–H and O–H groups in total. The van der Waals surface area contributed by atoms with Crippen molar-refractivity contribution in [2.24, 2.45) is 0 Å². The van der Waals surface area contributed by atoms with Crippen LogP contribution in [0.15, 0.2) is 18.2 Å². The second-order valence-corrected chi connectivity index (χ2v) is 4.69. The first-order valence-corrected chi connectivity index (χ1v) is 6.85. The van der Waals surface area contributed by atoms with Gasteiger partial charge in [-0.25, -0.2) is 0 Å². The summed E-state index contributed by atoms with van der Waals surface area (Å²) in [5.74, 6) is -0.0552. The Morgan fingerprint density at radius 2 is 2.26 bits per heavy atom. The number of ether oxygens (including phenoxy) is 1. The van der Waals surface area contributed by atoms with Gasteiger partial charge in [-0.15, -0.1) is 0 Å². The topological polar surface area (TPSA) is 58.6 Å². The van der Waals surface area contributed by atoms with E-state index in [4.69, 9.17) is 21.4 Å². The zero-order valence-electron chi connectivity index (χ0n) is 11.1. The minimum atomic E-state index is -0.762. The molecule has 1 aromatic rings. The smallest absolute Gasteiger partial charge is 0.303 e. The highest BCUT2D eigenvalue weighted by molar-refractivity contribution is 6.32. The van der Waals surface area contributed by atoms with Crippen LogP contribution < -0.4 is 10.1 Å². The second-order valence-electron chi connectivity index (χ2n) is 4.29. The lowest BCUT2D eigenvalue weighted by Gasteiger charge is -2.09. The molecule has 106 valence electrons. The van der Waals surface area contributed by atoms with Crippen molar-refractivity contribution in [3.63, 3.8) is 0 Å². The number of carbonyl (C=O) groups is 1. The van der Waals surface area contributed by atoms with Crippen molar-refractivity contribution in [3.8, 4) is 5.75 Å². The van der Waals surface area contributed by atoms with Gasteiger partial charge < -0.3 is 15.2 Å². The molecule has 0 spiro atoms. The normalized spacial score (nSPS) is 10.4. The van der Waals surface area contributed by atoms with Gasteiger partial charge in [0.05, 0.1) is 11.6 Å². The summed E-state index contributed by atoms with van der Waals surface area (Å²) in [5, 5.41) is 12.3. The molecule has 0 fully saturated rings. The number of hydrogen-bond acceptors (Lipinski definition) is 3. The largest absolute Gasteiger partial charge is 0.492 e. The fraction of sp³-hybridized carbons (Fsp3) is 0.500. The molecule has 0 aromatic heterocycles. The van der Waals surface area contributed by atoms with Gasteiger partial charge in [-0.1, -0.05) is 24.6 Å². The molecule has 1 aromatic carbocycles. The number of halogens is 1. The Balaban J connectivity index is 2.34. The number of nitrogens with one attached hydrogen (secondary N) is 1. The molecule has 4 nitrogen and oxygen atoms in total. The molecule has 0 aliphatic heterocycles. The van der Waals surface area contributed by atoms with E-state index >= 15 is 0 Å². The Morgan fingerprint density at radius 3 is 2.89 bits per heavy atom. The van der Waals surface area contributed by atoms with E-state index in [0.717, 1.165) is 12.0 Å². The van der Waals surface area contributed by atoms with E-state index in [9.17, 15) is 4.79 Å². The third-order valence-corrected chi connectivity index (χ3v) is 2.83. The standard InChI is InChI=1S/C14H20ClNO3/c1-2-8-19-13-6-5-11(9-12(13)15)10-16-7-3-4-14(17)18/h5-6,9,16H,2-4,7-8,10H2,1H3,(H,17,18). The molecular formula is C14H20ClNO3. The summed E-state index contributed by atoms with van der Waals surface area (Å²) in [6, 6.07) is 5.70. The molecular weight excluding hydrogens is 266 g/mol. The third-order valence-electron chi connectivity index (χ3n) is 2.53. The van der Waals surface area contributed by atoms with Crippen molar-refractivity contribution in [2.45, 2.75) is 32.7 Å². The van der Waals surface area contributed by atoms with E-state index in [1.165, 1.54) is 0 Å². The van der Waals surface area contributed by atoms with Crippen molar-refractivity contribution >= 4 is 17.6 Å². The first-order chi connectivity index (χ1) is 9.13. The average Bonchev–Trinajstić information content (AvgIpc) is 2.37. The summed E-state index contributed by atoms with van der Waals surface area (Å²) >= 11 is 6.12. The molecule has 5 heteroatoms. The fourth-order valence-electron chi connectivity index (χ4n) is 1.58. The molecule has 0 amide bonds. The van der Waals surface area contributed by atoms with Crippen molar-refractivity contribution in [2.75, 3.05) is 13.2 Å². The van der Waals surface area contributed by atoms with Gasteiger partial charge in [0, 0.05) is 13.0 Å². The zero-order valence-corrected chi connectivity index (χ0v) is 11.9. The first-order valence-electron chi connectivity index (χ1n) is 6.47. The van der Waals surface area contributed by atoms with E-state index in [-0.39, 0.29) is 6.42 Å². The highest BCUT2D eigenvalue weighted by Crippen LogP contribution is 2.25. The molecule has 0 atom stereocenters. The number of rotatable bonds is 9. The van der Waals surface area contributed by atoms with Crippen LogP contribution in [0.3, 0.4) is 0 Å². The molecule has 1 rings (SSSR count). The Labute approximate surface area is 118 Å². The lowest BCUT2D eigenvalue weighted by Crippen LogP contribution is -2.15. The molecule has 0 unspecified atom stereocenters. The molecule has 0 aliphatic carbocycles. The van der Waals surface area contributed by atoms with Crippen LogP contribution in [0.4, 0.5) is 0 Å². The minimum absolute atomic E-state index is 0.192. The fourth-order valence-corrected chi connectivity index (χ4v) is 1.84. The third kappa shape index (κ3) is 6.45. The van der Waals surface area contributed by atoms with Gasteiger partial charge in [-0.05, 0) is 37.1 Å². The molecule has 0 saturated heterocycles. The summed E-state index contributed by atoms with van der Waals surface area (Å²) < 4.78 is 5.49. The number of benzene rings is 1. The van der Waals surface area contributed by atoms with Gasteiger partial charge in [0.1, 0.15) is 5.75 Å². The molecule has 0 radical (unpaired) electrons. The molecule has 0 aliphatic rings. The van der Waals surface area contributed by atoms with Crippen LogP contribution in [-0.2, 0) is 11.3 Å². The van der Waals surface area contributed by atoms with E-state index < -0.39 is 5.97 Å². The first kappa shape index (κ1) is 15.8. The van der Waals surface area contributed by atoms with E-state index in [1.54, 1.807) is 0 Å². The number of aliphatic carboxylic acids is 1. The van der Waals surface area contributed by atoms with Crippen LogP contribution in [0.25, 0.3) is 0 Å². The molecule has 0 saturated carbocycles. The lowest BCUT2D eigenvalue weighted by molar-refractivity contribution is -0.137. The predicted octanol–water partition coefficient (Wildman–Crippen LogP) is 3.08. The maximum atomic E-state index is 10.3. The van der Waals surface area contributed by atoms with Gasteiger partial charge in [-0.3, -0.25) is 4.79 Å². The van der Waals surface area contributed by atoms with E-state index in [2.05, 4.69) is 5.32 Å². The molecule has 0 bridgehead atoms. The maximum Gasteiger partial charge on any atom is 0.303 e. The van der Waals surface area contributed by atoms with Crippen LogP contribution in [0.5, 0.6) is 5.75 Å². The van der Waals surface area contributed by atoms with Gasteiger partial charge in [0.2, 0.25) is 0 Å². The van der Waals surface area contributed by atoms with E-state index in [0.29, 0.717) is 36.9 Å². The Hall–Kier alpha value is -1.26. The lowest BCUT2D eigenvalue weighted by atomic mass is 10.2. The maximum absolute atomic E-state index is 10.3. The van der Waals surface area contributed by atoms with Gasteiger partial charge in [0.25, 0.3) is 0 Å². The van der Waals surface area contributed by atoms with Crippen molar-refractivity contribution in [1.82, 2.24) is 5.32 Å². The van der Waals surface area contributed by atoms with Crippen LogP contribution in [0.2, 0.25) is 5.02 Å². The van der Waals surface area contributed by atoms with Crippen LogP contribution in [-0.4, -0.2) is 24.2 Å². The molecule has 0 heterocycles. The Morgan fingerprint density at radius 1 is 1.47 bits per heavy atom. The van der Waals surface area contributed by atoms with Gasteiger partial charge >= 0.3 is 5.97 Å². The number of carboxylic acid groups (broad SMARTS) is 1. The Bertz CT molecular complexity index is 410. The summed E-state index contributed by atoms with van der Waals surface area (Å²) in [6.45, 7) is 4.06. The summed E-state index contributed by atoms with van der Waals surface area (Å²) in [5.41, 5.74) is 1.06. The van der Waals surface area contributed by atoms with Crippen LogP contribution in [0, 0.1) is 0 Å². The minimum Gasteiger partial charge on any atom is -0.492 e. The van der Waals surface area contributed by atoms with Crippen LogP contribution >= 0.6 is 11.6 Å². The summed E-state index contributed by atoms with van der Waals surface area (Å²) in [4.78, 5) is 10.3. The monoisotopic (exact) mass is 285 g/mol. The average molecular weight is 286 g/mol. The zero-order chi connectivity index (χ0) is 14.1. The van der Waals surface area contributed by atoms with Crippen LogP contribution in [0.1, 0.15) is 31.7 Å². The predicted molar refractivity (Wildman–Crippen MR) is 75.8 cm³/mol. The quantitative estimate of drug-likeness (QED) is 0.685. The van der Waals surface area contributed by atoms with Crippen molar-refractivity contribution in [3.05, 3.63) is 28.8 Å². The highest BCUT2D eigenvalue weighted by atomic mass is 35.5. The summed E-state index contributed by atoms with van der Waals surface area (Å²) in [6.07, 6.45) is 1.77. The second kappa shape index (κ2) is 8.77. The molecule has 19 heavy (non-hydrogen) atoms. The van der Waals surface area contributed by atoms with Crippen molar-refractivity contribution in [1.29, 1.82) is 0 Å². The number of hydrogen-bond donors (Lipinski definition) is 2. The van der Waals surface area contributed by atoms with Gasteiger partial charge in [-0.2, -0.15) is 0 Å². The van der Waals surface area contributed by atoms with Gasteiger partial charge in [0.15, 0.2) is 0 Å². The highest BCUT2D eigenvalue weighted by Gasteiger charge is 2.03. The summed E-state index contributed by atoms with van der Waals surface area (Å²) in [7, 11) is 0.